The number of ether oxygens (including phenoxy) is 1. The zero-order valence-electron chi connectivity index (χ0n) is 17.4. The summed E-state index contributed by atoms with van der Waals surface area (Å²) in [6, 6.07) is 25.0. The number of morpholine rings is 1. The Hall–Kier alpha value is -3.28. The molecule has 1 aliphatic heterocycles. The monoisotopic (exact) mass is 413 g/mol. The van der Waals surface area contributed by atoms with Gasteiger partial charge in [-0.05, 0) is 28.8 Å². The van der Waals surface area contributed by atoms with Crippen LogP contribution in [0.4, 0.5) is 0 Å². The van der Waals surface area contributed by atoms with Crippen LogP contribution in [0.2, 0.25) is 0 Å². The fourth-order valence-electron chi connectivity index (χ4n) is 3.90. The number of rotatable bonds is 7. The van der Waals surface area contributed by atoms with E-state index in [4.69, 9.17) is 4.74 Å². The summed E-state index contributed by atoms with van der Waals surface area (Å²) in [6.45, 7) is 2.71. The first-order chi connectivity index (χ1) is 15.3. The van der Waals surface area contributed by atoms with Crippen molar-refractivity contribution < 1.29 is 9.53 Å². The first-order valence-corrected chi connectivity index (χ1v) is 10.6. The first kappa shape index (κ1) is 21.0. The molecule has 3 aromatic rings. The van der Waals surface area contributed by atoms with Gasteiger partial charge in [-0.3, -0.25) is 14.7 Å². The van der Waals surface area contributed by atoms with Gasteiger partial charge in [-0.1, -0.05) is 66.7 Å². The number of hydrogen-bond donors (Lipinski definition) is 1. The summed E-state index contributed by atoms with van der Waals surface area (Å²) < 4.78 is 5.95. The van der Waals surface area contributed by atoms with Gasteiger partial charge in [-0.15, -0.1) is 0 Å². The minimum Gasteiger partial charge on any atom is -0.374 e. The van der Waals surface area contributed by atoms with Crippen LogP contribution >= 0.6 is 0 Å². The lowest BCUT2D eigenvalue weighted by Gasteiger charge is -2.39. The van der Waals surface area contributed by atoms with Gasteiger partial charge >= 0.3 is 0 Å². The van der Waals surface area contributed by atoms with Crippen LogP contribution in [0, 0.1) is 0 Å². The average Bonchev–Trinajstić information content (AvgIpc) is 2.84. The Morgan fingerprint density at radius 3 is 2.42 bits per heavy atom. The third kappa shape index (κ3) is 5.87. The van der Waals surface area contributed by atoms with E-state index in [2.05, 4.69) is 63.7 Å². The van der Waals surface area contributed by atoms with Crippen LogP contribution < -0.4 is 5.32 Å². The quantitative estimate of drug-likeness (QED) is 0.600. The number of aromatic nitrogens is 1. The topological polar surface area (TPSA) is 54.5 Å². The molecule has 1 amide bonds. The molecule has 0 spiro atoms. The van der Waals surface area contributed by atoms with Crippen molar-refractivity contribution in [2.45, 2.75) is 12.1 Å². The number of carbonyl (C=O) groups is 1. The number of pyridine rings is 1. The lowest BCUT2D eigenvalue weighted by atomic mass is 9.96. The van der Waals surface area contributed by atoms with Gasteiger partial charge in [0.25, 0.3) is 0 Å². The van der Waals surface area contributed by atoms with Crippen molar-refractivity contribution in [2.24, 2.45) is 0 Å². The summed E-state index contributed by atoms with van der Waals surface area (Å²) in [6.07, 6.45) is 6.67. The summed E-state index contributed by atoms with van der Waals surface area (Å²) in [7, 11) is 0. The maximum Gasteiger partial charge on any atom is 0.244 e. The van der Waals surface area contributed by atoms with Gasteiger partial charge in [0.05, 0.1) is 18.8 Å². The molecule has 1 saturated heterocycles. The SMILES string of the molecule is O=C(/C=C\c1cccnc1)NCC1CN(C(c2ccccc2)c2ccccc2)CCO1. The van der Waals surface area contributed by atoms with Crippen molar-refractivity contribution in [2.75, 3.05) is 26.2 Å². The highest BCUT2D eigenvalue weighted by molar-refractivity contribution is 5.91. The predicted molar refractivity (Wildman–Crippen MR) is 122 cm³/mol. The van der Waals surface area contributed by atoms with Crippen LogP contribution in [0.15, 0.2) is 91.3 Å². The highest BCUT2D eigenvalue weighted by Gasteiger charge is 2.28. The molecule has 2 aromatic carbocycles. The molecule has 0 saturated carbocycles. The van der Waals surface area contributed by atoms with E-state index in [1.165, 1.54) is 17.2 Å². The van der Waals surface area contributed by atoms with Crippen LogP contribution in [0.1, 0.15) is 22.7 Å². The fraction of sp³-hybridized carbons (Fsp3) is 0.231. The van der Waals surface area contributed by atoms with Gasteiger partial charge in [0.2, 0.25) is 5.91 Å². The molecular weight excluding hydrogens is 386 g/mol. The number of carbonyl (C=O) groups excluding carboxylic acids is 1. The second kappa shape index (κ2) is 10.7. The number of hydrogen-bond acceptors (Lipinski definition) is 4. The van der Waals surface area contributed by atoms with Gasteiger partial charge in [0.1, 0.15) is 0 Å². The summed E-state index contributed by atoms with van der Waals surface area (Å²) in [5, 5.41) is 2.96. The molecule has 0 radical (unpaired) electrons. The summed E-state index contributed by atoms with van der Waals surface area (Å²) in [5.41, 5.74) is 3.42. The fourth-order valence-corrected chi connectivity index (χ4v) is 3.90. The summed E-state index contributed by atoms with van der Waals surface area (Å²) in [5.74, 6) is -0.132. The highest BCUT2D eigenvalue weighted by Crippen LogP contribution is 2.29. The van der Waals surface area contributed by atoms with Gasteiger partial charge < -0.3 is 10.1 Å². The Balaban J connectivity index is 1.39. The van der Waals surface area contributed by atoms with Crippen molar-refractivity contribution in [3.63, 3.8) is 0 Å². The highest BCUT2D eigenvalue weighted by atomic mass is 16.5. The van der Waals surface area contributed by atoms with E-state index in [0.717, 1.165) is 18.7 Å². The average molecular weight is 414 g/mol. The Bertz CT molecular complexity index is 938. The largest absolute Gasteiger partial charge is 0.374 e. The number of nitrogens with zero attached hydrogens (tertiary/aromatic N) is 2. The molecule has 1 unspecified atom stereocenters. The minimum absolute atomic E-state index is 0.0561. The molecule has 31 heavy (non-hydrogen) atoms. The van der Waals surface area contributed by atoms with Gasteiger partial charge in [-0.2, -0.15) is 0 Å². The van der Waals surface area contributed by atoms with E-state index in [-0.39, 0.29) is 18.1 Å². The maximum absolute atomic E-state index is 12.2. The molecule has 1 aromatic heterocycles. The predicted octanol–water partition coefficient (Wildman–Crippen LogP) is 3.70. The van der Waals surface area contributed by atoms with Crippen LogP contribution in [-0.4, -0.2) is 48.1 Å². The zero-order valence-corrected chi connectivity index (χ0v) is 17.4. The normalized spacial score (nSPS) is 17.1. The minimum atomic E-state index is -0.132. The number of amides is 1. The summed E-state index contributed by atoms with van der Waals surface area (Å²) >= 11 is 0. The molecule has 4 rings (SSSR count). The molecule has 0 bridgehead atoms. The molecule has 158 valence electrons. The molecule has 1 N–H and O–H groups in total. The van der Waals surface area contributed by atoms with Crippen molar-refractivity contribution in [1.29, 1.82) is 0 Å². The molecule has 1 aliphatic rings. The third-order valence-electron chi connectivity index (χ3n) is 5.38. The second-order valence-electron chi connectivity index (χ2n) is 7.58. The second-order valence-corrected chi connectivity index (χ2v) is 7.58. The Morgan fingerprint density at radius 1 is 1.06 bits per heavy atom. The zero-order chi connectivity index (χ0) is 21.3. The smallest absolute Gasteiger partial charge is 0.244 e. The molecule has 0 aliphatic carbocycles. The third-order valence-corrected chi connectivity index (χ3v) is 5.38. The van der Waals surface area contributed by atoms with Crippen LogP contribution in [0.25, 0.3) is 6.08 Å². The molecule has 1 atom stereocenters. The Morgan fingerprint density at radius 2 is 1.77 bits per heavy atom. The molecule has 2 heterocycles. The van der Waals surface area contributed by atoms with Gasteiger partial charge in [-0.25, -0.2) is 0 Å². The van der Waals surface area contributed by atoms with Crippen LogP contribution in [0.3, 0.4) is 0 Å². The van der Waals surface area contributed by atoms with Gasteiger partial charge in [0, 0.05) is 38.1 Å². The van der Waals surface area contributed by atoms with Crippen LogP contribution in [0.5, 0.6) is 0 Å². The van der Waals surface area contributed by atoms with E-state index >= 15 is 0 Å². The van der Waals surface area contributed by atoms with E-state index in [1.54, 1.807) is 18.5 Å². The van der Waals surface area contributed by atoms with Crippen LogP contribution in [-0.2, 0) is 9.53 Å². The van der Waals surface area contributed by atoms with E-state index < -0.39 is 0 Å². The Labute approximate surface area is 183 Å². The van der Waals surface area contributed by atoms with E-state index in [0.29, 0.717) is 13.2 Å². The number of benzene rings is 2. The molecule has 5 nitrogen and oxygen atoms in total. The van der Waals surface area contributed by atoms with Crippen molar-refractivity contribution in [3.05, 3.63) is 108 Å². The first-order valence-electron chi connectivity index (χ1n) is 10.6. The van der Waals surface area contributed by atoms with Crippen molar-refractivity contribution >= 4 is 12.0 Å². The molecular formula is C26H27N3O2. The van der Waals surface area contributed by atoms with Gasteiger partial charge in [0.15, 0.2) is 0 Å². The lowest BCUT2D eigenvalue weighted by molar-refractivity contribution is -0.117. The molecule has 5 heteroatoms. The lowest BCUT2D eigenvalue weighted by Crippen LogP contribution is -2.48. The standard InChI is InChI=1S/C26H27N3O2/c30-25(14-13-21-8-7-15-27-18-21)28-19-24-20-29(16-17-31-24)26(22-9-3-1-4-10-22)23-11-5-2-6-12-23/h1-15,18,24,26H,16-17,19-20H2,(H,28,30)/b14-13-. The molecule has 1 fully saturated rings. The van der Waals surface area contributed by atoms with E-state index in [1.807, 2.05) is 24.3 Å². The Kier molecular flexibility index (Phi) is 7.21. The van der Waals surface area contributed by atoms with Crippen molar-refractivity contribution in [1.82, 2.24) is 15.2 Å². The maximum atomic E-state index is 12.2. The summed E-state index contributed by atoms with van der Waals surface area (Å²) in [4.78, 5) is 18.7. The van der Waals surface area contributed by atoms with Crippen molar-refractivity contribution in [3.8, 4) is 0 Å². The number of nitrogens with one attached hydrogen (secondary N) is 1. The van der Waals surface area contributed by atoms with E-state index in [9.17, 15) is 4.79 Å².